The molecule has 0 aromatic heterocycles. The molecule has 2 nitrogen and oxygen atoms in total. The molecule has 0 aliphatic carbocycles. The molecule has 1 atom stereocenters. The molecule has 2 rings (SSSR count). The van der Waals surface area contributed by atoms with Crippen molar-refractivity contribution in [2.24, 2.45) is 5.73 Å². The number of nitrogens with zero attached hydrogens (tertiary/aromatic N) is 1. The molecule has 1 aliphatic rings. The third kappa shape index (κ3) is 3.83. The second-order valence-electron chi connectivity index (χ2n) is 6.85. The molecule has 1 aromatic carbocycles. The average Bonchev–Trinajstić information content (AvgIpc) is 2.70. The molecule has 20 heavy (non-hydrogen) atoms. The van der Waals surface area contributed by atoms with E-state index in [0.29, 0.717) is 0 Å². The molecule has 112 valence electrons. The molecule has 1 unspecified atom stereocenters. The summed E-state index contributed by atoms with van der Waals surface area (Å²) in [7, 11) is 0. The largest absolute Gasteiger partial charge is 0.326 e. The first-order valence-electron chi connectivity index (χ1n) is 8.06. The molecule has 0 radical (unpaired) electrons. The summed E-state index contributed by atoms with van der Waals surface area (Å²) in [4.78, 5) is 2.61. The molecular weight excluding hydrogens is 244 g/mol. The van der Waals surface area contributed by atoms with Crippen LogP contribution in [0.5, 0.6) is 0 Å². The molecule has 0 spiro atoms. The number of hydrogen-bond acceptors (Lipinski definition) is 2. The number of aryl methyl sites for hydroxylation is 1. The smallest absolute Gasteiger partial charge is 0.0307 e. The van der Waals surface area contributed by atoms with Crippen molar-refractivity contribution in [1.29, 1.82) is 0 Å². The minimum atomic E-state index is 0.0786. The van der Waals surface area contributed by atoms with Gasteiger partial charge in [0.25, 0.3) is 0 Å². The summed E-state index contributed by atoms with van der Waals surface area (Å²) >= 11 is 0. The van der Waals surface area contributed by atoms with E-state index in [2.05, 4.69) is 49.9 Å². The van der Waals surface area contributed by atoms with Crippen molar-refractivity contribution >= 4 is 0 Å². The van der Waals surface area contributed by atoms with Crippen LogP contribution >= 0.6 is 0 Å². The topological polar surface area (TPSA) is 29.3 Å². The van der Waals surface area contributed by atoms with Gasteiger partial charge in [0.2, 0.25) is 0 Å². The predicted octanol–water partition coefficient (Wildman–Crippen LogP) is 3.52. The minimum absolute atomic E-state index is 0.0786. The van der Waals surface area contributed by atoms with Crippen molar-refractivity contribution < 1.29 is 0 Å². The minimum Gasteiger partial charge on any atom is -0.326 e. The molecular formula is C18H30N2. The van der Waals surface area contributed by atoms with E-state index in [1.807, 2.05) is 0 Å². The van der Waals surface area contributed by atoms with Crippen molar-refractivity contribution in [3.63, 3.8) is 0 Å². The van der Waals surface area contributed by atoms with Gasteiger partial charge in [-0.2, -0.15) is 0 Å². The van der Waals surface area contributed by atoms with Crippen LogP contribution < -0.4 is 5.73 Å². The normalized spacial score (nSPS) is 19.6. The fourth-order valence-electron chi connectivity index (χ4n) is 3.11. The first-order chi connectivity index (χ1) is 9.50. The Morgan fingerprint density at radius 1 is 1.05 bits per heavy atom. The fraction of sp³-hybridized carbons (Fsp3) is 0.667. The van der Waals surface area contributed by atoms with Crippen LogP contribution in [0.4, 0.5) is 0 Å². The molecule has 1 aromatic rings. The van der Waals surface area contributed by atoms with E-state index in [0.717, 1.165) is 6.42 Å². The van der Waals surface area contributed by atoms with Gasteiger partial charge in [-0.25, -0.2) is 0 Å². The quantitative estimate of drug-likeness (QED) is 0.910. The summed E-state index contributed by atoms with van der Waals surface area (Å²) in [6, 6.07) is 8.98. The van der Waals surface area contributed by atoms with Gasteiger partial charge in [0.1, 0.15) is 0 Å². The van der Waals surface area contributed by atoms with Crippen LogP contribution in [0.2, 0.25) is 0 Å². The molecule has 1 aliphatic heterocycles. The maximum Gasteiger partial charge on any atom is 0.0307 e. The molecule has 1 saturated heterocycles. The molecule has 1 fully saturated rings. The number of nitrogens with two attached hydrogens (primary N) is 1. The third-order valence-corrected chi connectivity index (χ3v) is 4.90. The highest BCUT2D eigenvalue weighted by atomic mass is 15.2. The van der Waals surface area contributed by atoms with Gasteiger partial charge in [-0.3, -0.25) is 4.90 Å². The highest BCUT2D eigenvalue weighted by Gasteiger charge is 2.33. The molecule has 0 bridgehead atoms. The summed E-state index contributed by atoms with van der Waals surface area (Å²) in [5.74, 6) is 0. The average molecular weight is 274 g/mol. The van der Waals surface area contributed by atoms with Gasteiger partial charge in [0.05, 0.1) is 0 Å². The number of benzene rings is 1. The van der Waals surface area contributed by atoms with Gasteiger partial charge < -0.3 is 5.73 Å². The molecule has 0 amide bonds. The summed E-state index contributed by atoms with van der Waals surface area (Å²) in [5, 5.41) is 0. The summed E-state index contributed by atoms with van der Waals surface area (Å²) in [6.07, 6.45) is 6.35. The standard InChI is InChI=1S/C18H30N2/c1-15-8-10-16(11-9-15)14-17(19)18(2,3)20-12-6-4-5-7-13-20/h8-11,17H,4-7,12-14,19H2,1-3H3. The van der Waals surface area contributed by atoms with E-state index in [1.165, 1.54) is 49.9 Å². The first kappa shape index (κ1) is 15.5. The van der Waals surface area contributed by atoms with E-state index in [1.54, 1.807) is 0 Å². The second-order valence-corrected chi connectivity index (χ2v) is 6.85. The second kappa shape index (κ2) is 6.73. The first-order valence-corrected chi connectivity index (χ1v) is 8.06. The van der Waals surface area contributed by atoms with Crippen molar-refractivity contribution in [2.45, 2.75) is 64.5 Å². The van der Waals surface area contributed by atoms with Crippen molar-refractivity contribution in [3.05, 3.63) is 35.4 Å². The Hall–Kier alpha value is -0.860. The van der Waals surface area contributed by atoms with Crippen LogP contribution in [0.1, 0.15) is 50.7 Å². The lowest BCUT2D eigenvalue weighted by Gasteiger charge is -2.42. The van der Waals surface area contributed by atoms with E-state index in [4.69, 9.17) is 5.73 Å². The van der Waals surface area contributed by atoms with Gasteiger partial charge in [-0.05, 0) is 58.7 Å². The van der Waals surface area contributed by atoms with Crippen LogP contribution in [-0.4, -0.2) is 29.6 Å². The van der Waals surface area contributed by atoms with Crippen LogP contribution in [-0.2, 0) is 6.42 Å². The molecule has 0 saturated carbocycles. The number of rotatable bonds is 4. The summed E-state index contributed by atoms with van der Waals surface area (Å²) in [5.41, 5.74) is 9.31. The summed E-state index contributed by atoms with van der Waals surface area (Å²) < 4.78 is 0. The van der Waals surface area contributed by atoms with Crippen molar-refractivity contribution in [1.82, 2.24) is 4.90 Å². The van der Waals surface area contributed by atoms with E-state index in [9.17, 15) is 0 Å². The van der Waals surface area contributed by atoms with Gasteiger partial charge in [0.15, 0.2) is 0 Å². The molecule has 2 heteroatoms. The monoisotopic (exact) mass is 274 g/mol. The zero-order valence-electron chi connectivity index (χ0n) is 13.4. The highest BCUT2D eigenvalue weighted by molar-refractivity contribution is 5.22. The van der Waals surface area contributed by atoms with Crippen LogP contribution in [0, 0.1) is 6.92 Å². The van der Waals surface area contributed by atoms with Gasteiger partial charge in [-0.1, -0.05) is 42.7 Å². The van der Waals surface area contributed by atoms with Crippen LogP contribution in [0.15, 0.2) is 24.3 Å². The number of hydrogen-bond donors (Lipinski definition) is 1. The fourth-order valence-corrected chi connectivity index (χ4v) is 3.11. The Balaban J connectivity index is 2.01. The van der Waals surface area contributed by atoms with Crippen molar-refractivity contribution in [3.8, 4) is 0 Å². The Morgan fingerprint density at radius 3 is 2.15 bits per heavy atom. The highest BCUT2D eigenvalue weighted by Crippen LogP contribution is 2.24. The Kier molecular flexibility index (Phi) is 5.22. The van der Waals surface area contributed by atoms with Crippen molar-refractivity contribution in [2.75, 3.05) is 13.1 Å². The predicted molar refractivity (Wildman–Crippen MR) is 87.0 cm³/mol. The van der Waals surface area contributed by atoms with E-state index < -0.39 is 0 Å². The van der Waals surface area contributed by atoms with Gasteiger partial charge >= 0.3 is 0 Å². The van der Waals surface area contributed by atoms with Crippen LogP contribution in [0.3, 0.4) is 0 Å². The third-order valence-electron chi connectivity index (χ3n) is 4.90. The lowest BCUT2D eigenvalue weighted by atomic mass is 9.88. The van der Waals surface area contributed by atoms with Gasteiger partial charge in [-0.15, -0.1) is 0 Å². The Labute approximate surface area is 124 Å². The zero-order valence-corrected chi connectivity index (χ0v) is 13.4. The summed E-state index contributed by atoms with van der Waals surface area (Å²) in [6.45, 7) is 9.17. The van der Waals surface area contributed by atoms with E-state index in [-0.39, 0.29) is 11.6 Å². The number of likely N-dealkylation sites (tertiary alicyclic amines) is 1. The lowest BCUT2D eigenvalue weighted by molar-refractivity contribution is 0.0979. The van der Waals surface area contributed by atoms with Crippen LogP contribution in [0.25, 0.3) is 0 Å². The Bertz CT molecular complexity index is 400. The Morgan fingerprint density at radius 2 is 1.60 bits per heavy atom. The SMILES string of the molecule is Cc1ccc(CC(N)C(C)(C)N2CCCCCC2)cc1. The van der Waals surface area contributed by atoms with Gasteiger partial charge in [0, 0.05) is 11.6 Å². The zero-order chi connectivity index (χ0) is 14.6. The molecule has 1 heterocycles. The maximum absolute atomic E-state index is 6.56. The molecule has 2 N–H and O–H groups in total. The maximum atomic E-state index is 6.56. The van der Waals surface area contributed by atoms with E-state index >= 15 is 0 Å². The lowest BCUT2D eigenvalue weighted by Crippen LogP contribution is -2.57.